The van der Waals surface area contributed by atoms with Crippen molar-refractivity contribution in [2.24, 2.45) is 0 Å². The molecule has 19 atom stereocenters. The van der Waals surface area contributed by atoms with Crippen molar-refractivity contribution >= 4 is 68.8 Å². The molecule has 5 rings (SSSR count). The maximum Gasteiger partial charge on any atom is 0.472 e. The lowest BCUT2D eigenvalue weighted by atomic mass is 9.85. The zero-order chi connectivity index (χ0) is 95.9. The van der Waals surface area contributed by atoms with E-state index in [1.54, 1.807) is 0 Å². The Bertz CT molecular complexity index is 3530. The second-order valence-corrected chi connectivity index (χ2v) is 36.3. The number of carbonyl (C=O) groups is 9. The summed E-state index contributed by atoms with van der Waals surface area (Å²) in [4.78, 5) is 140. The third-order valence-corrected chi connectivity index (χ3v) is 25.0. The predicted octanol–water partition coefficient (Wildman–Crippen LogP) is 0.847. The standard InChI is InChI=1S/C86H151N9O34P2/c1-60(100)90-75-81(112)78(109)66(57-97)127-84(75)120-49-24-8-13-31-69(103)87-39-21-5-16-34-72(106)93(42-48-96)44-53-123-130(115,116)125-55-46-95(74(108)36-18-7-23-41-89-71(105)33-15-10-26-51-122-86-77(92-62(3)102)83(114)80(111)68(59-99)129-86)47-56-126-131(117,118)124-54-45-94(43-52-119-65-30-20-19-29-64(37-38-65)63-27-11-4-12-28-63)73(107)35-17-6-22-40-88-70(104)32-14-9-25-50-121-85-76(91-61(2)101)82(113)79(110)67(58-98)128-85/h4,11-12,27-28,64-68,75-86,96-99,109-114H,5-10,13-26,29-59H2,1-3H3,(H,87,103)(H,88,104)(H,89,105)(H,90,100)(H,91,101)(H,92,102)(H,115,116)(H,117,118). The van der Waals surface area contributed by atoms with Gasteiger partial charge in [0.25, 0.3) is 0 Å². The number of carbonyl (C=O) groups excluding carboxylic acids is 9. The molecule has 0 bridgehead atoms. The van der Waals surface area contributed by atoms with Gasteiger partial charge in [0.1, 0.15) is 73.1 Å². The van der Waals surface area contributed by atoms with Crippen LogP contribution in [0.25, 0.3) is 0 Å². The minimum absolute atomic E-state index is 0.0524. The monoisotopic (exact) mass is 1920 g/mol. The molecular weight excluding hydrogens is 1760 g/mol. The zero-order valence-corrected chi connectivity index (χ0v) is 78.1. The number of phosphoric ester groups is 2. The zero-order valence-electron chi connectivity index (χ0n) is 76.3. The highest BCUT2D eigenvalue weighted by molar-refractivity contribution is 7.47. The quantitative estimate of drug-likeness (QED) is 0.0317. The molecule has 9 amide bonds. The lowest BCUT2D eigenvalue weighted by molar-refractivity contribution is -0.270. The van der Waals surface area contributed by atoms with Crippen LogP contribution in [0.2, 0.25) is 0 Å². The van der Waals surface area contributed by atoms with E-state index in [1.165, 1.54) is 41.0 Å². The molecule has 3 heterocycles. The Labute approximate surface area is 768 Å². The van der Waals surface area contributed by atoms with E-state index in [4.69, 9.17) is 51.3 Å². The topological polar surface area (TPSA) is 614 Å². The summed E-state index contributed by atoms with van der Waals surface area (Å²) in [6.07, 6.45) is 0.127. The van der Waals surface area contributed by atoms with E-state index in [1.807, 2.05) is 18.2 Å². The van der Waals surface area contributed by atoms with Crippen molar-refractivity contribution in [3.05, 3.63) is 35.9 Å². The first-order valence-corrected chi connectivity index (χ1v) is 49.5. The highest BCUT2D eigenvalue weighted by Gasteiger charge is 2.48. The Hall–Kier alpha value is -6.01. The summed E-state index contributed by atoms with van der Waals surface area (Å²) in [5, 5.41) is 117. The fourth-order valence-electron chi connectivity index (χ4n) is 15.6. The van der Waals surface area contributed by atoms with Crippen molar-refractivity contribution in [1.82, 2.24) is 46.6 Å². The van der Waals surface area contributed by atoms with Crippen LogP contribution in [-0.4, -0.2) is 365 Å². The molecule has 3 aliphatic heterocycles. The molecule has 0 spiro atoms. The molecule has 1 saturated carbocycles. The minimum atomic E-state index is -4.90. The van der Waals surface area contributed by atoms with E-state index in [2.05, 4.69) is 44.0 Å². The van der Waals surface area contributed by atoms with Gasteiger partial charge in [-0.3, -0.25) is 61.2 Å². The van der Waals surface area contributed by atoms with Crippen LogP contribution in [-0.2, 0) is 104 Å². The number of hydrogen-bond donors (Lipinski definition) is 18. The molecular formula is C86H151N9O34P2. The maximum absolute atomic E-state index is 14.0. The molecule has 0 aromatic heterocycles. The molecule has 4 aliphatic rings. The Balaban J connectivity index is 1.08. The SMILES string of the molecule is CC(=O)NC1C(OCCCCCC(=O)NCCCCCC(=O)N(CCO)CCOP(=O)(O)OCCN(CCOP(=O)(O)OCCN(CCOC2CCCCC(c3ccccc3)CC2)C(=O)CCCCCNC(=O)CCCCCOC2OC(CO)C(O)C(O)C2NC(C)=O)C(=O)CCCCCNC(=O)CCCCCOC2OC(CO)C(O)C(O)C2NC(C)=O)OC(CO)C(O)C1O. The van der Waals surface area contributed by atoms with Crippen LogP contribution in [0.5, 0.6) is 0 Å². The first kappa shape index (κ1) is 115. The minimum Gasteiger partial charge on any atom is -0.395 e. The van der Waals surface area contributed by atoms with Gasteiger partial charge in [-0.1, -0.05) is 81.7 Å². The molecule has 1 aromatic rings. The molecule has 1 aromatic carbocycles. The van der Waals surface area contributed by atoms with E-state index in [9.17, 15) is 113 Å². The predicted molar refractivity (Wildman–Crippen MR) is 471 cm³/mol. The second-order valence-electron chi connectivity index (χ2n) is 33.4. The molecule has 3 saturated heterocycles. The van der Waals surface area contributed by atoms with Crippen molar-refractivity contribution in [3.8, 4) is 0 Å². The summed E-state index contributed by atoms with van der Waals surface area (Å²) in [6, 6.07) is 7.13. The highest BCUT2D eigenvalue weighted by atomic mass is 31.2. The van der Waals surface area contributed by atoms with Crippen LogP contribution in [0.15, 0.2) is 30.3 Å². The summed E-state index contributed by atoms with van der Waals surface area (Å²) in [5.41, 5.74) is 1.28. The van der Waals surface area contributed by atoms with Crippen LogP contribution in [0.3, 0.4) is 0 Å². The number of hydrogen-bond acceptors (Lipinski definition) is 32. The van der Waals surface area contributed by atoms with E-state index in [0.29, 0.717) is 135 Å². The normalized spacial score (nSPS) is 25.0. The Morgan fingerprint density at radius 2 is 0.679 bits per heavy atom. The first-order chi connectivity index (χ1) is 62.8. The largest absolute Gasteiger partial charge is 0.472 e. The van der Waals surface area contributed by atoms with Gasteiger partial charge in [-0.25, -0.2) is 9.13 Å². The smallest absolute Gasteiger partial charge is 0.395 e. The third kappa shape index (κ3) is 46.6. The molecule has 4 fully saturated rings. The van der Waals surface area contributed by atoms with Crippen molar-refractivity contribution in [2.75, 3.05) is 138 Å². The van der Waals surface area contributed by atoms with Crippen LogP contribution in [0.4, 0.5) is 0 Å². The second kappa shape index (κ2) is 65.7. The van der Waals surface area contributed by atoms with Gasteiger partial charge >= 0.3 is 15.6 Å². The lowest BCUT2D eigenvalue weighted by Gasteiger charge is -2.42. The van der Waals surface area contributed by atoms with Crippen molar-refractivity contribution in [2.45, 2.75) is 317 Å². The van der Waals surface area contributed by atoms with Crippen LogP contribution in [0, 0.1) is 0 Å². The number of unbranched alkanes of at least 4 members (excludes halogenated alkanes) is 12. The number of aliphatic hydroxyl groups excluding tert-OH is 10. The number of ether oxygens (including phenoxy) is 7. The van der Waals surface area contributed by atoms with Gasteiger partial charge in [0, 0.05) is 138 Å². The van der Waals surface area contributed by atoms with E-state index < -0.39 is 184 Å². The van der Waals surface area contributed by atoms with Gasteiger partial charge in [0.15, 0.2) is 18.9 Å². The van der Waals surface area contributed by atoms with Crippen molar-refractivity contribution in [3.63, 3.8) is 0 Å². The molecule has 1 aliphatic carbocycles. The fraction of sp³-hybridized carbons (Fsp3) is 0.826. The Morgan fingerprint density at radius 1 is 0.366 bits per heavy atom. The number of benzene rings is 1. The first-order valence-electron chi connectivity index (χ1n) is 46.5. The van der Waals surface area contributed by atoms with Crippen molar-refractivity contribution < 1.29 is 164 Å². The number of rotatable bonds is 68. The van der Waals surface area contributed by atoms with Gasteiger partial charge in [-0.2, -0.15) is 0 Å². The highest BCUT2D eigenvalue weighted by Crippen LogP contribution is 2.44. The number of nitrogens with one attached hydrogen (secondary N) is 6. The van der Waals surface area contributed by atoms with Gasteiger partial charge in [0.05, 0.1) is 65.6 Å². The number of aliphatic hydroxyl groups is 10. The van der Waals surface area contributed by atoms with E-state index in [-0.39, 0.29) is 146 Å². The summed E-state index contributed by atoms with van der Waals surface area (Å²) in [6.45, 7) is 0.0329. The van der Waals surface area contributed by atoms with E-state index >= 15 is 0 Å². The molecule has 0 radical (unpaired) electrons. The molecule has 18 N–H and O–H groups in total. The Morgan fingerprint density at radius 3 is 1.01 bits per heavy atom. The lowest BCUT2D eigenvalue weighted by Crippen LogP contribution is -2.64. The summed E-state index contributed by atoms with van der Waals surface area (Å²) in [5.74, 6) is -2.76. The average molecular weight is 1920 g/mol. The molecule has 754 valence electrons. The summed E-state index contributed by atoms with van der Waals surface area (Å²) < 4.78 is 88.6. The molecule has 45 heteroatoms. The molecule has 43 nitrogen and oxygen atoms in total. The van der Waals surface area contributed by atoms with Crippen LogP contribution < -0.4 is 31.9 Å². The average Bonchev–Trinajstić information content (AvgIpc) is 0.815. The van der Waals surface area contributed by atoms with Crippen LogP contribution in [0.1, 0.15) is 225 Å². The van der Waals surface area contributed by atoms with Gasteiger partial charge in [-0.05, 0) is 114 Å². The molecule has 19 unspecified atom stereocenters. The van der Waals surface area contributed by atoms with Crippen LogP contribution >= 0.6 is 15.6 Å². The third-order valence-electron chi connectivity index (χ3n) is 23.0. The molecule has 131 heavy (non-hydrogen) atoms. The Kier molecular flexibility index (Phi) is 57.9. The van der Waals surface area contributed by atoms with Crippen molar-refractivity contribution in [1.29, 1.82) is 0 Å². The number of amides is 9. The summed E-state index contributed by atoms with van der Waals surface area (Å²) >= 11 is 0. The van der Waals surface area contributed by atoms with E-state index in [0.717, 1.165) is 38.5 Å². The fourth-order valence-corrected chi connectivity index (χ4v) is 17.0. The summed E-state index contributed by atoms with van der Waals surface area (Å²) in [7, 11) is -9.77. The van der Waals surface area contributed by atoms with Gasteiger partial charge < -0.3 is 141 Å². The van der Waals surface area contributed by atoms with Gasteiger partial charge in [-0.15, -0.1) is 0 Å². The number of phosphoric acid groups is 2. The van der Waals surface area contributed by atoms with Gasteiger partial charge in [0.2, 0.25) is 53.2 Å². The maximum atomic E-state index is 14.0. The number of nitrogens with zero attached hydrogens (tertiary/aromatic N) is 3.